The molecule has 0 radical (unpaired) electrons. The molecule has 1 aliphatic heterocycles. The number of para-hydroxylation sites is 1. The number of anilines is 1. The first-order chi connectivity index (χ1) is 11.8. The first kappa shape index (κ1) is 15.6. The van der Waals surface area contributed by atoms with Crippen LogP contribution in [0.2, 0.25) is 0 Å². The molecule has 0 spiro atoms. The molecule has 1 amide bonds. The Hall–Kier alpha value is -1.97. The summed E-state index contributed by atoms with van der Waals surface area (Å²) in [6.45, 7) is 0. The van der Waals surface area contributed by atoms with Crippen LogP contribution in [0.3, 0.4) is 0 Å². The van der Waals surface area contributed by atoms with Gasteiger partial charge in [0.1, 0.15) is 11.4 Å². The van der Waals surface area contributed by atoms with Crippen molar-refractivity contribution in [1.29, 1.82) is 0 Å². The summed E-state index contributed by atoms with van der Waals surface area (Å²) in [5.74, 6) is 0.846. The lowest BCUT2D eigenvalue weighted by Crippen LogP contribution is -2.11. The lowest BCUT2D eigenvalue weighted by molar-refractivity contribution is -0.112. The zero-order valence-corrected chi connectivity index (χ0v) is 14.7. The van der Waals surface area contributed by atoms with Gasteiger partial charge in [-0.05, 0) is 24.2 Å². The van der Waals surface area contributed by atoms with Gasteiger partial charge >= 0.3 is 0 Å². The third-order valence-electron chi connectivity index (χ3n) is 3.25. The number of amides is 1. The van der Waals surface area contributed by atoms with Crippen molar-refractivity contribution < 1.29 is 4.79 Å². The van der Waals surface area contributed by atoms with Gasteiger partial charge < -0.3 is 0 Å². The zero-order chi connectivity index (χ0) is 16.4. The Labute approximate surface area is 150 Å². The first-order valence-electron chi connectivity index (χ1n) is 7.15. The molecule has 9 heteroatoms. The maximum atomic E-state index is 12.1. The van der Waals surface area contributed by atoms with E-state index in [9.17, 15) is 4.79 Å². The molecule has 24 heavy (non-hydrogen) atoms. The van der Waals surface area contributed by atoms with Gasteiger partial charge in [-0.3, -0.25) is 10.1 Å². The summed E-state index contributed by atoms with van der Waals surface area (Å²) in [5.41, 5.74) is 0.887. The summed E-state index contributed by atoms with van der Waals surface area (Å²) in [7, 11) is 0. The van der Waals surface area contributed by atoms with E-state index in [0.717, 1.165) is 37.3 Å². The minimum Gasteiger partial charge on any atom is -0.296 e. The fourth-order valence-electron chi connectivity index (χ4n) is 2.18. The van der Waals surface area contributed by atoms with Crippen LogP contribution in [0.1, 0.15) is 6.42 Å². The lowest BCUT2D eigenvalue weighted by atomic mass is 10.2. The van der Waals surface area contributed by atoms with E-state index in [1.54, 1.807) is 11.8 Å². The van der Waals surface area contributed by atoms with Crippen LogP contribution in [0.25, 0.3) is 10.9 Å². The van der Waals surface area contributed by atoms with Crippen molar-refractivity contribution >= 4 is 56.8 Å². The summed E-state index contributed by atoms with van der Waals surface area (Å²) in [5, 5.41) is 13.3. The minimum atomic E-state index is -0.113. The fourth-order valence-corrected chi connectivity index (χ4v) is 4.80. The normalized spacial score (nSPS) is 13.9. The highest BCUT2D eigenvalue weighted by atomic mass is 32.2. The Morgan fingerprint density at radius 1 is 1.21 bits per heavy atom. The average molecular weight is 373 g/mol. The third-order valence-corrected chi connectivity index (χ3v) is 6.26. The molecule has 3 aromatic rings. The van der Waals surface area contributed by atoms with E-state index in [-0.39, 0.29) is 5.91 Å². The van der Waals surface area contributed by atoms with Gasteiger partial charge in [0.25, 0.3) is 5.91 Å². The molecule has 120 valence electrons. The van der Waals surface area contributed by atoms with Gasteiger partial charge in [-0.25, -0.2) is 9.97 Å². The number of thioether (sulfide) groups is 1. The van der Waals surface area contributed by atoms with E-state index in [1.807, 2.05) is 30.3 Å². The molecule has 6 nitrogen and oxygen atoms in total. The zero-order valence-electron chi connectivity index (χ0n) is 12.3. The number of nitrogens with zero attached hydrogens (tertiary/aromatic N) is 4. The van der Waals surface area contributed by atoms with Gasteiger partial charge in [0.2, 0.25) is 5.13 Å². The van der Waals surface area contributed by atoms with Crippen molar-refractivity contribution in [2.75, 3.05) is 11.1 Å². The van der Waals surface area contributed by atoms with Crippen LogP contribution < -0.4 is 5.32 Å². The summed E-state index contributed by atoms with van der Waals surface area (Å²) < 4.78 is 0.724. The van der Waals surface area contributed by atoms with Gasteiger partial charge in [-0.15, -0.1) is 22.0 Å². The van der Waals surface area contributed by atoms with Crippen LogP contribution in [0, 0.1) is 0 Å². The molecule has 0 atom stereocenters. The maximum Gasteiger partial charge on any atom is 0.263 e. The van der Waals surface area contributed by atoms with Crippen molar-refractivity contribution in [3.8, 4) is 0 Å². The van der Waals surface area contributed by atoms with Gasteiger partial charge in [-0.1, -0.05) is 35.6 Å². The van der Waals surface area contributed by atoms with E-state index >= 15 is 0 Å². The summed E-state index contributed by atoms with van der Waals surface area (Å²) >= 11 is 4.32. The Morgan fingerprint density at radius 2 is 2.12 bits per heavy atom. The van der Waals surface area contributed by atoms with Gasteiger partial charge in [0.05, 0.1) is 10.4 Å². The van der Waals surface area contributed by atoms with Crippen molar-refractivity contribution in [3.63, 3.8) is 0 Å². The van der Waals surface area contributed by atoms with Gasteiger partial charge in [0.15, 0.2) is 4.34 Å². The number of hydrogen-bond donors (Lipinski definition) is 1. The highest BCUT2D eigenvalue weighted by molar-refractivity contribution is 8.04. The number of fused-ring (bicyclic) bond motifs is 1. The molecular formula is C15H11N5OS3. The molecule has 0 aliphatic carbocycles. The van der Waals surface area contributed by atoms with E-state index in [2.05, 4.69) is 25.5 Å². The van der Waals surface area contributed by atoms with Crippen molar-refractivity contribution in [2.24, 2.45) is 0 Å². The van der Waals surface area contributed by atoms with Crippen molar-refractivity contribution in [2.45, 2.75) is 15.8 Å². The molecule has 0 saturated carbocycles. The number of aromatic nitrogens is 4. The van der Waals surface area contributed by atoms with Crippen LogP contribution in [0.15, 0.2) is 50.9 Å². The number of benzene rings is 1. The minimum absolute atomic E-state index is 0.113. The molecule has 1 aromatic carbocycles. The molecular weight excluding hydrogens is 362 g/mol. The Morgan fingerprint density at radius 3 is 3.00 bits per heavy atom. The monoisotopic (exact) mass is 373 g/mol. The molecule has 0 saturated heterocycles. The quantitative estimate of drug-likeness (QED) is 0.553. The number of carbonyl (C=O) groups is 1. The molecule has 0 bridgehead atoms. The topological polar surface area (TPSA) is 80.7 Å². The Bertz CT molecular complexity index is 934. The Kier molecular flexibility index (Phi) is 4.46. The highest BCUT2D eigenvalue weighted by Crippen LogP contribution is 2.34. The number of carbonyl (C=O) groups excluding carboxylic acids is 1. The summed E-state index contributed by atoms with van der Waals surface area (Å²) in [6, 6.07) is 7.82. The molecule has 1 N–H and O–H groups in total. The highest BCUT2D eigenvalue weighted by Gasteiger charge is 2.17. The van der Waals surface area contributed by atoms with Crippen LogP contribution in [-0.4, -0.2) is 31.8 Å². The molecule has 0 unspecified atom stereocenters. The maximum absolute atomic E-state index is 12.1. The van der Waals surface area contributed by atoms with Crippen LogP contribution in [0.4, 0.5) is 5.13 Å². The number of nitrogens with one attached hydrogen (secondary N) is 1. The molecule has 0 fully saturated rings. The predicted molar refractivity (Wildman–Crippen MR) is 97.4 cm³/mol. The van der Waals surface area contributed by atoms with E-state index in [0.29, 0.717) is 5.13 Å². The number of hydrogen-bond acceptors (Lipinski definition) is 8. The number of allylic oxidation sites excluding steroid dienone is 1. The second kappa shape index (κ2) is 6.88. The van der Waals surface area contributed by atoms with Crippen LogP contribution in [-0.2, 0) is 4.79 Å². The first-order valence-corrected chi connectivity index (χ1v) is 9.77. The van der Waals surface area contributed by atoms with Crippen molar-refractivity contribution in [1.82, 2.24) is 20.2 Å². The van der Waals surface area contributed by atoms with Gasteiger partial charge in [-0.2, -0.15) is 0 Å². The van der Waals surface area contributed by atoms with E-state index < -0.39 is 0 Å². The lowest BCUT2D eigenvalue weighted by Gasteiger charge is -2.01. The van der Waals surface area contributed by atoms with Crippen LogP contribution in [0.5, 0.6) is 0 Å². The van der Waals surface area contributed by atoms with Crippen molar-refractivity contribution in [3.05, 3.63) is 41.6 Å². The average Bonchev–Trinajstić information content (AvgIpc) is 3.27. The number of rotatable bonds is 4. The molecule has 2 aromatic heterocycles. The van der Waals surface area contributed by atoms with Gasteiger partial charge in [0, 0.05) is 11.1 Å². The Balaban J connectivity index is 1.51. The second-order valence-corrected chi connectivity index (χ2v) is 8.18. The predicted octanol–water partition coefficient (Wildman–Crippen LogP) is 3.59. The standard InChI is InChI=1S/C15H11N5OS3/c21-12(11-6-3-7-22-11)18-14-19-20-15(24-14)23-13-9-4-1-2-5-10(9)16-8-17-13/h1-2,4-6,8H,3,7H2,(H,18,19,21). The third kappa shape index (κ3) is 3.28. The molecule has 3 heterocycles. The summed E-state index contributed by atoms with van der Waals surface area (Å²) in [4.78, 5) is 21.4. The smallest absolute Gasteiger partial charge is 0.263 e. The van der Waals surface area contributed by atoms with E-state index in [1.165, 1.54) is 29.4 Å². The van der Waals surface area contributed by atoms with E-state index in [4.69, 9.17) is 0 Å². The second-order valence-electron chi connectivity index (χ2n) is 4.83. The summed E-state index contributed by atoms with van der Waals surface area (Å²) in [6.07, 6.45) is 4.42. The molecule has 1 aliphatic rings. The largest absolute Gasteiger partial charge is 0.296 e. The fraction of sp³-hybridized carbons (Fsp3) is 0.133. The SMILES string of the molecule is O=C(Nc1nnc(Sc2ncnc3ccccc23)s1)C1=CCCS1. The molecule has 4 rings (SSSR count). The van der Waals surface area contributed by atoms with Crippen LogP contribution >= 0.6 is 34.9 Å².